The van der Waals surface area contributed by atoms with Crippen LogP contribution in [0.15, 0.2) is 0 Å². The van der Waals surface area contributed by atoms with E-state index in [1.165, 1.54) is 12.8 Å². The summed E-state index contributed by atoms with van der Waals surface area (Å²) in [7, 11) is 0. The molecule has 5 N–H and O–H groups in total. The zero-order chi connectivity index (χ0) is 9.97. The van der Waals surface area contributed by atoms with Crippen molar-refractivity contribution in [1.82, 2.24) is 16.2 Å². The maximum atomic E-state index is 6.16. The van der Waals surface area contributed by atoms with Gasteiger partial charge in [0.15, 0.2) is 0 Å². The van der Waals surface area contributed by atoms with E-state index in [1.807, 2.05) is 0 Å². The zero-order valence-corrected chi connectivity index (χ0v) is 8.92. The number of hydrogen-bond donors (Lipinski definition) is 4. The van der Waals surface area contributed by atoms with E-state index in [-0.39, 0.29) is 0 Å². The SMILES string of the molecule is CC1NNCCC1C1CCNCC1N. The maximum absolute atomic E-state index is 6.16. The van der Waals surface area contributed by atoms with E-state index in [0.29, 0.717) is 18.0 Å². The average molecular weight is 198 g/mol. The highest BCUT2D eigenvalue weighted by atomic mass is 15.4. The van der Waals surface area contributed by atoms with Gasteiger partial charge in [-0.15, -0.1) is 0 Å². The Morgan fingerprint density at radius 3 is 2.64 bits per heavy atom. The normalized spacial score (nSPS) is 45.0. The van der Waals surface area contributed by atoms with Gasteiger partial charge in [0.1, 0.15) is 0 Å². The molecule has 2 heterocycles. The van der Waals surface area contributed by atoms with E-state index >= 15 is 0 Å². The molecule has 2 aliphatic rings. The molecule has 0 spiro atoms. The van der Waals surface area contributed by atoms with Crippen molar-refractivity contribution in [2.24, 2.45) is 17.6 Å². The molecule has 2 fully saturated rings. The molecule has 4 heteroatoms. The quantitative estimate of drug-likeness (QED) is 0.455. The smallest absolute Gasteiger partial charge is 0.0216 e. The molecule has 14 heavy (non-hydrogen) atoms. The summed E-state index contributed by atoms with van der Waals surface area (Å²) in [5.41, 5.74) is 12.7. The summed E-state index contributed by atoms with van der Waals surface area (Å²) in [6, 6.07) is 0.897. The second kappa shape index (κ2) is 4.57. The largest absolute Gasteiger partial charge is 0.326 e. The molecule has 0 aromatic carbocycles. The standard InChI is InChI=1S/C10H22N4/c1-7-8(3-5-13-14-7)9-2-4-12-6-10(9)11/h7-10,12-14H,2-6,11H2,1H3. The van der Waals surface area contributed by atoms with Gasteiger partial charge in [-0.2, -0.15) is 0 Å². The van der Waals surface area contributed by atoms with Crippen LogP contribution in [0.2, 0.25) is 0 Å². The molecule has 0 aromatic rings. The Kier molecular flexibility index (Phi) is 3.38. The van der Waals surface area contributed by atoms with Gasteiger partial charge in [0.05, 0.1) is 0 Å². The van der Waals surface area contributed by atoms with Crippen molar-refractivity contribution in [3.8, 4) is 0 Å². The molecule has 2 aliphatic heterocycles. The van der Waals surface area contributed by atoms with Crippen LogP contribution in [0, 0.1) is 11.8 Å². The van der Waals surface area contributed by atoms with Crippen LogP contribution >= 0.6 is 0 Å². The summed E-state index contributed by atoms with van der Waals surface area (Å²) < 4.78 is 0. The number of hydrogen-bond acceptors (Lipinski definition) is 4. The molecule has 0 amide bonds. The zero-order valence-electron chi connectivity index (χ0n) is 8.92. The van der Waals surface area contributed by atoms with Crippen LogP contribution in [0.4, 0.5) is 0 Å². The first-order valence-corrected chi connectivity index (χ1v) is 5.73. The Labute approximate surface area is 86.0 Å². The molecule has 0 aromatic heterocycles. The molecule has 0 radical (unpaired) electrons. The molecule has 4 unspecified atom stereocenters. The van der Waals surface area contributed by atoms with Crippen molar-refractivity contribution in [2.45, 2.75) is 31.8 Å². The van der Waals surface area contributed by atoms with Gasteiger partial charge in [0.2, 0.25) is 0 Å². The summed E-state index contributed by atoms with van der Waals surface area (Å²) in [6.45, 7) is 5.45. The van der Waals surface area contributed by atoms with Crippen LogP contribution in [0.3, 0.4) is 0 Å². The van der Waals surface area contributed by atoms with E-state index in [0.717, 1.165) is 25.6 Å². The molecule has 0 bridgehead atoms. The first-order valence-electron chi connectivity index (χ1n) is 5.73. The van der Waals surface area contributed by atoms with E-state index in [9.17, 15) is 0 Å². The fourth-order valence-corrected chi connectivity index (χ4v) is 2.85. The number of rotatable bonds is 1. The monoisotopic (exact) mass is 198 g/mol. The van der Waals surface area contributed by atoms with Crippen molar-refractivity contribution in [3.63, 3.8) is 0 Å². The fraction of sp³-hybridized carbons (Fsp3) is 1.00. The summed E-state index contributed by atoms with van der Waals surface area (Å²) >= 11 is 0. The molecule has 2 rings (SSSR count). The highest BCUT2D eigenvalue weighted by Crippen LogP contribution is 2.27. The molecule has 0 aliphatic carbocycles. The molecule has 4 atom stereocenters. The van der Waals surface area contributed by atoms with Gasteiger partial charge in [-0.3, -0.25) is 10.9 Å². The Bertz CT molecular complexity index is 165. The van der Waals surface area contributed by atoms with Gasteiger partial charge in [0.25, 0.3) is 0 Å². The molecular formula is C10H22N4. The van der Waals surface area contributed by atoms with E-state index in [4.69, 9.17) is 5.73 Å². The lowest BCUT2D eigenvalue weighted by atomic mass is 9.76. The van der Waals surface area contributed by atoms with Crippen molar-refractivity contribution in [2.75, 3.05) is 19.6 Å². The summed E-state index contributed by atoms with van der Waals surface area (Å²) in [5.74, 6) is 1.44. The van der Waals surface area contributed by atoms with E-state index < -0.39 is 0 Å². The second-order valence-electron chi connectivity index (χ2n) is 4.63. The van der Waals surface area contributed by atoms with Crippen molar-refractivity contribution in [1.29, 1.82) is 0 Å². The van der Waals surface area contributed by atoms with Crippen LogP contribution in [-0.2, 0) is 0 Å². The van der Waals surface area contributed by atoms with Crippen LogP contribution in [-0.4, -0.2) is 31.7 Å². The van der Waals surface area contributed by atoms with Crippen molar-refractivity contribution in [3.05, 3.63) is 0 Å². The minimum Gasteiger partial charge on any atom is -0.326 e. The van der Waals surface area contributed by atoms with Gasteiger partial charge >= 0.3 is 0 Å². The Morgan fingerprint density at radius 1 is 1.14 bits per heavy atom. The summed E-state index contributed by atoms with van der Waals surface area (Å²) in [6.07, 6.45) is 2.49. The number of hydrazine groups is 1. The number of nitrogens with two attached hydrogens (primary N) is 1. The Hall–Kier alpha value is -0.160. The third kappa shape index (κ3) is 2.08. The van der Waals surface area contributed by atoms with Crippen LogP contribution < -0.4 is 21.9 Å². The topological polar surface area (TPSA) is 62.1 Å². The number of nitrogens with one attached hydrogen (secondary N) is 3. The minimum absolute atomic E-state index is 0.344. The first kappa shape index (κ1) is 10.4. The van der Waals surface area contributed by atoms with Gasteiger partial charge in [-0.1, -0.05) is 0 Å². The molecule has 82 valence electrons. The van der Waals surface area contributed by atoms with Crippen molar-refractivity contribution >= 4 is 0 Å². The average Bonchev–Trinajstić information content (AvgIpc) is 2.20. The van der Waals surface area contributed by atoms with Gasteiger partial charge in [-0.25, -0.2) is 0 Å². The predicted molar refractivity (Wildman–Crippen MR) is 57.7 cm³/mol. The van der Waals surface area contributed by atoms with E-state index in [2.05, 4.69) is 23.1 Å². The molecule has 0 saturated carbocycles. The predicted octanol–water partition coefficient (Wildman–Crippen LogP) is -0.574. The van der Waals surface area contributed by atoms with Crippen LogP contribution in [0.5, 0.6) is 0 Å². The van der Waals surface area contributed by atoms with E-state index in [1.54, 1.807) is 0 Å². The third-order valence-corrected chi connectivity index (χ3v) is 3.71. The van der Waals surface area contributed by atoms with Crippen LogP contribution in [0.1, 0.15) is 19.8 Å². The van der Waals surface area contributed by atoms with Crippen molar-refractivity contribution < 1.29 is 0 Å². The number of piperidine rings is 1. The summed E-state index contributed by atoms with van der Waals surface area (Å²) in [5, 5.41) is 3.36. The molecule has 4 nitrogen and oxygen atoms in total. The second-order valence-corrected chi connectivity index (χ2v) is 4.63. The lowest BCUT2D eigenvalue weighted by Gasteiger charge is -2.41. The first-order chi connectivity index (χ1) is 6.79. The molecular weight excluding hydrogens is 176 g/mol. The molecule has 2 saturated heterocycles. The highest BCUT2D eigenvalue weighted by molar-refractivity contribution is 4.90. The third-order valence-electron chi connectivity index (χ3n) is 3.71. The Morgan fingerprint density at radius 2 is 1.93 bits per heavy atom. The lowest BCUT2D eigenvalue weighted by Crippen LogP contribution is -2.57. The minimum atomic E-state index is 0.344. The Balaban J connectivity index is 1.96. The van der Waals surface area contributed by atoms with Gasteiger partial charge < -0.3 is 11.1 Å². The fourth-order valence-electron chi connectivity index (χ4n) is 2.85. The van der Waals surface area contributed by atoms with Gasteiger partial charge in [-0.05, 0) is 38.1 Å². The van der Waals surface area contributed by atoms with Gasteiger partial charge in [0, 0.05) is 25.2 Å². The summed E-state index contributed by atoms with van der Waals surface area (Å²) in [4.78, 5) is 0. The van der Waals surface area contributed by atoms with Crippen LogP contribution in [0.25, 0.3) is 0 Å². The maximum Gasteiger partial charge on any atom is 0.0216 e. The lowest BCUT2D eigenvalue weighted by molar-refractivity contribution is 0.140. The highest BCUT2D eigenvalue weighted by Gasteiger charge is 2.33.